The second-order valence-corrected chi connectivity index (χ2v) is 11.2. The largest absolute Gasteiger partial charge is 0.328 e. The number of imidazole rings is 1. The normalized spacial score (nSPS) is 15.2. The highest BCUT2D eigenvalue weighted by Gasteiger charge is 2.26. The quantitative estimate of drug-likeness (QED) is 0.358. The minimum absolute atomic E-state index is 0.311. The van der Waals surface area contributed by atoms with Gasteiger partial charge in [-0.25, -0.2) is 13.4 Å². The summed E-state index contributed by atoms with van der Waals surface area (Å²) >= 11 is 1.50. The van der Waals surface area contributed by atoms with Crippen LogP contribution in [0.25, 0.3) is 16.7 Å². The Morgan fingerprint density at radius 3 is 2.62 bits per heavy atom. The van der Waals surface area contributed by atoms with E-state index in [1.165, 1.54) is 11.8 Å². The van der Waals surface area contributed by atoms with Crippen LogP contribution in [-0.2, 0) is 22.3 Å². The SMILES string of the molecule is CCn1c(CSc2nnnn2-c2ccccc2C)nc2cc(S(=O)(=O)N3CCCCC3)ccc21. The van der Waals surface area contributed by atoms with Crippen molar-refractivity contribution in [3.05, 3.63) is 53.9 Å². The van der Waals surface area contributed by atoms with Crippen molar-refractivity contribution >= 4 is 32.8 Å². The first-order valence-corrected chi connectivity index (χ1v) is 13.9. The first-order valence-electron chi connectivity index (χ1n) is 11.5. The monoisotopic (exact) mass is 497 g/mol. The number of aryl methyl sites for hydroxylation is 2. The number of benzene rings is 2. The van der Waals surface area contributed by atoms with Gasteiger partial charge in [0.25, 0.3) is 0 Å². The van der Waals surface area contributed by atoms with Crippen LogP contribution in [0.1, 0.15) is 37.6 Å². The predicted molar refractivity (Wildman–Crippen MR) is 131 cm³/mol. The number of hydrogen-bond donors (Lipinski definition) is 0. The molecule has 2 aromatic carbocycles. The zero-order chi connectivity index (χ0) is 23.7. The summed E-state index contributed by atoms with van der Waals surface area (Å²) < 4.78 is 31.7. The third kappa shape index (κ3) is 4.23. The van der Waals surface area contributed by atoms with E-state index in [1.807, 2.05) is 37.3 Å². The Morgan fingerprint density at radius 1 is 1.06 bits per heavy atom. The fourth-order valence-corrected chi connectivity index (χ4v) is 6.76. The highest BCUT2D eigenvalue weighted by Crippen LogP contribution is 2.28. The molecule has 0 saturated carbocycles. The second-order valence-electron chi connectivity index (χ2n) is 8.34. The number of piperidine rings is 1. The minimum Gasteiger partial charge on any atom is -0.328 e. The Balaban J connectivity index is 1.43. The van der Waals surface area contributed by atoms with Crippen molar-refractivity contribution in [3.8, 4) is 5.69 Å². The summed E-state index contributed by atoms with van der Waals surface area (Å²) in [6.07, 6.45) is 2.91. The molecule has 0 radical (unpaired) electrons. The van der Waals surface area contributed by atoms with Crippen LogP contribution in [0.15, 0.2) is 52.5 Å². The fourth-order valence-electron chi connectivity index (χ4n) is 4.39. The second kappa shape index (κ2) is 9.47. The Morgan fingerprint density at radius 2 is 1.85 bits per heavy atom. The molecule has 11 heteroatoms. The first kappa shape index (κ1) is 23.0. The fraction of sp³-hybridized carbons (Fsp3) is 0.391. The molecule has 2 aromatic heterocycles. The van der Waals surface area contributed by atoms with Gasteiger partial charge in [-0.1, -0.05) is 36.4 Å². The van der Waals surface area contributed by atoms with Crippen LogP contribution in [0.2, 0.25) is 0 Å². The van der Waals surface area contributed by atoms with Gasteiger partial charge in [-0.15, -0.1) is 5.10 Å². The molecule has 5 rings (SSSR count). The summed E-state index contributed by atoms with van der Waals surface area (Å²) in [4.78, 5) is 5.11. The van der Waals surface area contributed by atoms with Crippen molar-refractivity contribution in [3.63, 3.8) is 0 Å². The first-order chi connectivity index (χ1) is 16.5. The maximum absolute atomic E-state index is 13.1. The lowest BCUT2D eigenvalue weighted by Crippen LogP contribution is -2.35. The molecule has 0 N–H and O–H groups in total. The standard InChI is InChI=1S/C23H27N7O2S2/c1-3-29-21-12-11-18(34(31,32)28-13-7-4-8-14-28)15-19(21)24-22(29)16-33-23-25-26-27-30(23)20-10-6-5-9-17(20)2/h5-6,9-12,15H,3-4,7-8,13-14,16H2,1-2H3. The number of aromatic nitrogens is 6. The number of hydrogen-bond acceptors (Lipinski definition) is 7. The molecule has 0 aliphatic carbocycles. The summed E-state index contributed by atoms with van der Waals surface area (Å²) in [6.45, 7) is 5.98. The molecule has 1 aliphatic rings. The van der Waals surface area contributed by atoms with Crippen LogP contribution >= 0.6 is 11.8 Å². The lowest BCUT2D eigenvalue weighted by atomic mass is 10.2. The van der Waals surface area contributed by atoms with Gasteiger partial charge in [0.05, 0.1) is 27.4 Å². The molecule has 0 bridgehead atoms. The van der Waals surface area contributed by atoms with E-state index in [-0.39, 0.29) is 0 Å². The molecule has 0 amide bonds. The predicted octanol–water partition coefficient (Wildman–Crippen LogP) is 3.81. The molecule has 1 saturated heterocycles. The van der Waals surface area contributed by atoms with Crippen LogP contribution in [0.4, 0.5) is 0 Å². The summed E-state index contributed by atoms with van der Waals surface area (Å²) in [5, 5.41) is 12.9. The van der Waals surface area contributed by atoms with E-state index < -0.39 is 10.0 Å². The number of nitrogens with zero attached hydrogens (tertiary/aromatic N) is 7. The van der Waals surface area contributed by atoms with E-state index in [4.69, 9.17) is 4.98 Å². The van der Waals surface area contributed by atoms with Crippen molar-refractivity contribution in [1.82, 2.24) is 34.1 Å². The molecule has 1 aliphatic heterocycles. The number of rotatable bonds is 7. The van der Waals surface area contributed by atoms with Crippen LogP contribution in [0, 0.1) is 6.92 Å². The number of fused-ring (bicyclic) bond motifs is 1. The molecule has 1 fully saturated rings. The topological polar surface area (TPSA) is 98.8 Å². The third-order valence-corrected chi connectivity index (χ3v) is 8.99. The Hall–Kier alpha value is -2.76. The Bertz CT molecular complexity index is 1420. The van der Waals surface area contributed by atoms with Crippen LogP contribution in [-0.4, -0.2) is 55.6 Å². The lowest BCUT2D eigenvalue weighted by molar-refractivity contribution is 0.346. The average molecular weight is 498 g/mol. The van der Waals surface area contributed by atoms with E-state index in [1.54, 1.807) is 21.1 Å². The van der Waals surface area contributed by atoms with Crippen molar-refractivity contribution in [1.29, 1.82) is 0 Å². The zero-order valence-electron chi connectivity index (χ0n) is 19.3. The Kier molecular flexibility index (Phi) is 6.41. The lowest BCUT2D eigenvalue weighted by Gasteiger charge is -2.25. The molecule has 0 atom stereocenters. The van der Waals surface area contributed by atoms with Crippen LogP contribution in [0.5, 0.6) is 0 Å². The molecule has 9 nitrogen and oxygen atoms in total. The summed E-state index contributed by atoms with van der Waals surface area (Å²) in [5.41, 5.74) is 3.63. The van der Waals surface area contributed by atoms with E-state index in [0.717, 1.165) is 48.4 Å². The van der Waals surface area contributed by atoms with Crippen LogP contribution in [0.3, 0.4) is 0 Å². The average Bonchev–Trinajstić information content (AvgIpc) is 3.47. The van der Waals surface area contributed by atoms with Crippen molar-refractivity contribution in [2.45, 2.75) is 55.5 Å². The van der Waals surface area contributed by atoms with Gasteiger partial charge in [-0.3, -0.25) is 0 Å². The van der Waals surface area contributed by atoms with Gasteiger partial charge < -0.3 is 4.57 Å². The highest BCUT2D eigenvalue weighted by molar-refractivity contribution is 7.98. The molecule has 34 heavy (non-hydrogen) atoms. The Labute approximate surface area is 203 Å². The number of para-hydroxylation sites is 1. The maximum atomic E-state index is 13.1. The molecule has 178 valence electrons. The van der Waals surface area contributed by atoms with E-state index >= 15 is 0 Å². The van der Waals surface area contributed by atoms with Gasteiger partial charge in [0.1, 0.15) is 5.82 Å². The smallest absolute Gasteiger partial charge is 0.243 e. The summed E-state index contributed by atoms with van der Waals surface area (Å²) in [6, 6.07) is 13.2. The molecular formula is C23H27N7O2S2. The minimum atomic E-state index is -3.50. The number of thioether (sulfide) groups is 1. The van der Waals surface area contributed by atoms with Gasteiger partial charge in [-0.05, 0) is 66.9 Å². The third-order valence-electron chi connectivity index (χ3n) is 6.18. The van der Waals surface area contributed by atoms with Crippen LogP contribution < -0.4 is 0 Å². The van der Waals surface area contributed by atoms with Crippen molar-refractivity contribution < 1.29 is 8.42 Å². The van der Waals surface area contributed by atoms with Gasteiger partial charge in [0.2, 0.25) is 15.2 Å². The van der Waals surface area contributed by atoms with Gasteiger partial charge in [0, 0.05) is 19.6 Å². The zero-order valence-corrected chi connectivity index (χ0v) is 20.9. The van der Waals surface area contributed by atoms with Gasteiger partial charge in [-0.2, -0.15) is 8.99 Å². The molecule has 4 aromatic rings. The van der Waals surface area contributed by atoms with Gasteiger partial charge in [0.15, 0.2) is 0 Å². The number of sulfonamides is 1. The molecular weight excluding hydrogens is 470 g/mol. The van der Waals surface area contributed by atoms with E-state index in [9.17, 15) is 8.42 Å². The van der Waals surface area contributed by atoms with Gasteiger partial charge >= 0.3 is 0 Å². The maximum Gasteiger partial charge on any atom is 0.243 e. The summed E-state index contributed by atoms with van der Waals surface area (Å²) in [7, 11) is -3.50. The molecule has 0 unspecified atom stereocenters. The van der Waals surface area contributed by atoms with E-state index in [0.29, 0.717) is 34.4 Å². The van der Waals surface area contributed by atoms with Crippen molar-refractivity contribution in [2.24, 2.45) is 0 Å². The van der Waals surface area contributed by atoms with Crippen molar-refractivity contribution in [2.75, 3.05) is 13.1 Å². The highest BCUT2D eigenvalue weighted by atomic mass is 32.2. The van der Waals surface area contributed by atoms with E-state index in [2.05, 4.69) is 27.0 Å². The number of tetrazole rings is 1. The molecule has 3 heterocycles. The summed E-state index contributed by atoms with van der Waals surface area (Å²) in [5.74, 6) is 1.41. The molecule has 0 spiro atoms.